The predicted molar refractivity (Wildman–Crippen MR) is 72.8 cm³/mol. The number of nitrogens with zero attached hydrogens (tertiary/aromatic N) is 2. The third-order valence-electron chi connectivity index (χ3n) is 2.49. The number of carbonyl (C=O) groups excluding carboxylic acids is 2. The first-order valence-electron chi connectivity index (χ1n) is 4.85. The quantitative estimate of drug-likeness (QED) is 0.341. The Labute approximate surface area is 120 Å². The van der Waals surface area contributed by atoms with Crippen molar-refractivity contribution >= 4 is 57.3 Å². The Hall–Kier alpha value is -1.22. The summed E-state index contributed by atoms with van der Waals surface area (Å²) in [5.41, 5.74) is -0.159. The molecule has 0 aromatic heterocycles. The molecule has 1 aliphatic rings. The lowest BCUT2D eigenvalue weighted by Gasteiger charge is -2.15. The standard InChI is InChI=1S/C10H6ClIN2O4/c11-6-2-8(9(14(17)18)3-7(6)12)13-4-5(15)1-10(13)16/h2-3H,1,4H2. The summed E-state index contributed by atoms with van der Waals surface area (Å²) in [7, 11) is 0. The highest BCUT2D eigenvalue weighted by molar-refractivity contribution is 14.1. The van der Waals surface area contributed by atoms with E-state index < -0.39 is 10.8 Å². The van der Waals surface area contributed by atoms with Gasteiger partial charge in [-0.05, 0) is 28.7 Å². The summed E-state index contributed by atoms with van der Waals surface area (Å²) < 4.78 is 0.516. The van der Waals surface area contributed by atoms with Crippen molar-refractivity contribution < 1.29 is 14.5 Å². The number of nitro groups is 1. The third-order valence-corrected chi connectivity index (χ3v) is 4.01. The summed E-state index contributed by atoms with van der Waals surface area (Å²) in [5.74, 6) is -0.704. The van der Waals surface area contributed by atoms with E-state index in [1.165, 1.54) is 12.1 Å². The van der Waals surface area contributed by atoms with Crippen LogP contribution in [0.5, 0.6) is 0 Å². The Morgan fingerprint density at radius 2 is 2.06 bits per heavy atom. The first-order valence-corrected chi connectivity index (χ1v) is 6.31. The highest BCUT2D eigenvalue weighted by atomic mass is 127. The number of amides is 1. The van der Waals surface area contributed by atoms with Gasteiger partial charge >= 0.3 is 0 Å². The maximum Gasteiger partial charge on any atom is 0.294 e. The van der Waals surface area contributed by atoms with Gasteiger partial charge in [0.2, 0.25) is 5.91 Å². The molecule has 18 heavy (non-hydrogen) atoms. The zero-order valence-electron chi connectivity index (χ0n) is 8.85. The van der Waals surface area contributed by atoms with Gasteiger partial charge in [0, 0.05) is 9.64 Å². The molecular formula is C10H6ClIN2O4. The number of Topliss-reactive ketones (excluding diaryl/α,β-unsaturated/α-hetero) is 1. The van der Waals surface area contributed by atoms with E-state index in [4.69, 9.17) is 11.6 Å². The minimum atomic E-state index is -0.593. The maximum atomic E-state index is 11.6. The molecule has 0 unspecified atom stereocenters. The van der Waals surface area contributed by atoms with Crippen molar-refractivity contribution in [3.63, 3.8) is 0 Å². The molecule has 0 atom stereocenters. The van der Waals surface area contributed by atoms with Crippen LogP contribution in [0.15, 0.2) is 12.1 Å². The van der Waals surface area contributed by atoms with Gasteiger partial charge in [-0.3, -0.25) is 24.6 Å². The first-order chi connectivity index (χ1) is 8.40. The zero-order valence-corrected chi connectivity index (χ0v) is 11.8. The van der Waals surface area contributed by atoms with Crippen molar-refractivity contribution in [2.75, 3.05) is 11.4 Å². The maximum absolute atomic E-state index is 11.6. The Morgan fingerprint density at radius 1 is 1.39 bits per heavy atom. The number of hydrogen-bond donors (Lipinski definition) is 0. The average molecular weight is 381 g/mol. The summed E-state index contributed by atoms with van der Waals surface area (Å²) in [6.45, 7) is -0.142. The number of benzene rings is 1. The minimum absolute atomic E-state index is 0.0706. The largest absolute Gasteiger partial charge is 0.298 e. The van der Waals surface area contributed by atoms with Gasteiger partial charge in [0.15, 0.2) is 5.78 Å². The molecular weight excluding hydrogens is 374 g/mol. The topological polar surface area (TPSA) is 80.5 Å². The van der Waals surface area contributed by atoms with E-state index in [-0.39, 0.29) is 30.1 Å². The average Bonchev–Trinajstić information content (AvgIpc) is 2.61. The van der Waals surface area contributed by atoms with Gasteiger partial charge in [-0.1, -0.05) is 11.6 Å². The van der Waals surface area contributed by atoms with E-state index in [0.29, 0.717) is 8.59 Å². The third kappa shape index (κ3) is 2.32. The minimum Gasteiger partial charge on any atom is -0.298 e. The fourth-order valence-corrected chi connectivity index (χ4v) is 2.30. The summed E-state index contributed by atoms with van der Waals surface area (Å²) in [6, 6.07) is 2.63. The summed E-state index contributed by atoms with van der Waals surface area (Å²) in [5, 5.41) is 11.3. The number of halogens is 2. The van der Waals surface area contributed by atoms with Crippen LogP contribution >= 0.6 is 34.2 Å². The fraction of sp³-hybridized carbons (Fsp3) is 0.200. The van der Waals surface area contributed by atoms with E-state index in [1.807, 2.05) is 22.6 Å². The molecule has 1 saturated heterocycles. The lowest BCUT2D eigenvalue weighted by Crippen LogP contribution is -2.25. The molecule has 0 spiro atoms. The van der Waals surface area contributed by atoms with E-state index in [9.17, 15) is 19.7 Å². The molecule has 8 heteroatoms. The first kappa shape index (κ1) is 13.2. The second-order valence-electron chi connectivity index (χ2n) is 3.71. The number of hydrogen-bond acceptors (Lipinski definition) is 4. The molecule has 1 amide bonds. The van der Waals surface area contributed by atoms with Crippen LogP contribution in [0.2, 0.25) is 5.02 Å². The molecule has 1 aromatic carbocycles. The summed E-state index contributed by atoms with van der Waals surface area (Å²) in [6.07, 6.45) is -0.221. The number of carbonyl (C=O) groups is 2. The van der Waals surface area contributed by atoms with Crippen molar-refractivity contribution in [2.45, 2.75) is 6.42 Å². The Morgan fingerprint density at radius 3 is 2.56 bits per heavy atom. The van der Waals surface area contributed by atoms with Gasteiger partial charge in [0.25, 0.3) is 5.69 Å². The van der Waals surface area contributed by atoms with Crippen LogP contribution in [-0.2, 0) is 9.59 Å². The number of ketones is 1. The Bertz CT molecular complexity index is 575. The highest BCUT2D eigenvalue weighted by Gasteiger charge is 2.33. The Balaban J connectivity index is 2.56. The smallest absolute Gasteiger partial charge is 0.294 e. The lowest BCUT2D eigenvalue weighted by atomic mass is 10.2. The molecule has 0 radical (unpaired) electrons. The number of rotatable bonds is 2. The van der Waals surface area contributed by atoms with Gasteiger partial charge < -0.3 is 0 Å². The number of nitro benzene ring substituents is 1. The molecule has 0 N–H and O–H groups in total. The van der Waals surface area contributed by atoms with E-state index >= 15 is 0 Å². The van der Waals surface area contributed by atoms with Crippen LogP contribution in [0, 0.1) is 13.7 Å². The van der Waals surface area contributed by atoms with Crippen LogP contribution in [-0.4, -0.2) is 23.2 Å². The zero-order chi connectivity index (χ0) is 13.4. The SMILES string of the molecule is O=C1CC(=O)N(c2cc(Cl)c(I)cc2[N+](=O)[O-])C1. The van der Waals surface area contributed by atoms with Crippen LogP contribution in [0.3, 0.4) is 0 Å². The molecule has 0 aliphatic carbocycles. The predicted octanol–water partition coefficient (Wildman–Crippen LogP) is 2.16. The van der Waals surface area contributed by atoms with Crippen LogP contribution in [0.4, 0.5) is 11.4 Å². The van der Waals surface area contributed by atoms with Crippen molar-refractivity contribution in [3.8, 4) is 0 Å². The Kier molecular flexibility index (Phi) is 3.53. The highest BCUT2D eigenvalue weighted by Crippen LogP contribution is 2.35. The van der Waals surface area contributed by atoms with Crippen LogP contribution in [0.1, 0.15) is 6.42 Å². The molecule has 2 rings (SSSR count). The monoisotopic (exact) mass is 380 g/mol. The fourth-order valence-electron chi connectivity index (χ4n) is 1.69. The van der Waals surface area contributed by atoms with Crippen LogP contribution < -0.4 is 4.90 Å². The molecule has 1 heterocycles. The van der Waals surface area contributed by atoms with Crippen molar-refractivity contribution in [1.29, 1.82) is 0 Å². The van der Waals surface area contributed by atoms with Crippen molar-refractivity contribution in [1.82, 2.24) is 0 Å². The van der Waals surface area contributed by atoms with Crippen molar-refractivity contribution in [2.24, 2.45) is 0 Å². The van der Waals surface area contributed by atoms with Gasteiger partial charge in [-0.2, -0.15) is 0 Å². The second kappa shape index (κ2) is 4.81. The molecule has 0 saturated carbocycles. The van der Waals surface area contributed by atoms with Crippen molar-refractivity contribution in [3.05, 3.63) is 30.8 Å². The summed E-state index contributed by atoms with van der Waals surface area (Å²) >= 11 is 7.77. The van der Waals surface area contributed by atoms with E-state index in [1.54, 1.807) is 0 Å². The van der Waals surface area contributed by atoms with E-state index in [0.717, 1.165) is 4.90 Å². The molecule has 6 nitrogen and oxygen atoms in total. The van der Waals surface area contributed by atoms with E-state index in [2.05, 4.69) is 0 Å². The van der Waals surface area contributed by atoms with Gasteiger partial charge in [0.05, 0.1) is 22.9 Å². The van der Waals surface area contributed by atoms with Crippen LogP contribution in [0.25, 0.3) is 0 Å². The van der Waals surface area contributed by atoms with Gasteiger partial charge in [0.1, 0.15) is 5.69 Å². The lowest BCUT2D eigenvalue weighted by molar-refractivity contribution is -0.384. The van der Waals surface area contributed by atoms with Gasteiger partial charge in [-0.25, -0.2) is 0 Å². The van der Waals surface area contributed by atoms with Gasteiger partial charge in [-0.15, -0.1) is 0 Å². The molecule has 1 aromatic rings. The molecule has 94 valence electrons. The molecule has 1 aliphatic heterocycles. The second-order valence-corrected chi connectivity index (χ2v) is 5.28. The summed E-state index contributed by atoms with van der Waals surface area (Å²) in [4.78, 5) is 34.3. The molecule has 0 bridgehead atoms. The number of anilines is 1. The molecule has 1 fully saturated rings. The normalized spacial score (nSPS) is 15.3.